The molecule has 100 valence electrons. The summed E-state index contributed by atoms with van der Waals surface area (Å²) in [6.07, 6.45) is 0.377. The number of benzene rings is 1. The zero-order valence-electron chi connectivity index (χ0n) is 11.3. The largest absolute Gasteiger partial charge is 0.493 e. The van der Waals surface area contributed by atoms with Crippen molar-refractivity contribution in [2.24, 2.45) is 5.73 Å². The molecule has 0 bridgehead atoms. The van der Waals surface area contributed by atoms with E-state index in [4.69, 9.17) is 10.5 Å². The highest BCUT2D eigenvalue weighted by atomic mass is 16.5. The molecule has 0 fully saturated rings. The molecule has 1 atom stereocenters. The molecular formula is C14H22N2O2. The first kappa shape index (κ1) is 14.5. The molecule has 0 heterocycles. The third-order valence-electron chi connectivity index (χ3n) is 2.69. The lowest BCUT2D eigenvalue weighted by Gasteiger charge is -2.12. The minimum atomic E-state index is 0.0161. The SMILES string of the molecule is CCNC(=O)CCOc1ccc([C@@H](C)N)cc1C. The van der Waals surface area contributed by atoms with Crippen molar-refractivity contribution in [1.29, 1.82) is 0 Å². The number of ether oxygens (including phenoxy) is 1. The maximum Gasteiger partial charge on any atom is 0.223 e. The van der Waals surface area contributed by atoms with E-state index in [0.717, 1.165) is 16.9 Å². The number of hydrogen-bond donors (Lipinski definition) is 2. The Hall–Kier alpha value is -1.55. The fourth-order valence-corrected chi connectivity index (χ4v) is 1.66. The first-order chi connectivity index (χ1) is 8.54. The Morgan fingerprint density at radius 2 is 2.22 bits per heavy atom. The van der Waals surface area contributed by atoms with Gasteiger partial charge in [0.15, 0.2) is 0 Å². The molecule has 0 spiro atoms. The van der Waals surface area contributed by atoms with Gasteiger partial charge in [-0.1, -0.05) is 12.1 Å². The topological polar surface area (TPSA) is 64.3 Å². The van der Waals surface area contributed by atoms with E-state index >= 15 is 0 Å². The van der Waals surface area contributed by atoms with Crippen molar-refractivity contribution >= 4 is 5.91 Å². The summed E-state index contributed by atoms with van der Waals surface area (Å²) in [5, 5.41) is 2.73. The van der Waals surface area contributed by atoms with Gasteiger partial charge in [-0.25, -0.2) is 0 Å². The number of carbonyl (C=O) groups is 1. The molecule has 0 unspecified atom stereocenters. The summed E-state index contributed by atoms with van der Waals surface area (Å²) in [5.41, 5.74) is 7.94. The Bertz CT molecular complexity index is 403. The van der Waals surface area contributed by atoms with E-state index in [1.54, 1.807) is 0 Å². The molecule has 0 aliphatic carbocycles. The Balaban J connectivity index is 2.50. The Morgan fingerprint density at radius 3 is 2.78 bits per heavy atom. The predicted molar refractivity (Wildman–Crippen MR) is 72.6 cm³/mol. The molecule has 0 radical (unpaired) electrons. The molecule has 1 rings (SSSR count). The van der Waals surface area contributed by atoms with Crippen molar-refractivity contribution in [2.75, 3.05) is 13.2 Å². The van der Waals surface area contributed by atoms with Crippen LogP contribution in [0.4, 0.5) is 0 Å². The highest BCUT2D eigenvalue weighted by molar-refractivity contribution is 5.75. The molecule has 1 aromatic carbocycles. The van der Waals surface area contributed by atoms with Crippen LogP contribution in [0.1, 0.15) is 37.4 Å². The number of hydrogen-bond acceptors (Lipinski definition) is 3. The van der Waals surface area contributed by atoms with Gasteiger partial charge >= 0.3 is 0 Å². The van der Waals surface area contributed by atoms with Crippen LogP contribution in [-0.2, 0) is 4.79 Å². The molecular weight excluding hydrogens is 228 g/mol. The minimum Gasteiger partial charge on any atom is -0.493 e. The van der Waals surface area contributed by atoms with Crippen molar-refractivity contribution in [3.8, 4) is 5.75 Å². The number of amides is 1. The first-order valence-electron chi connectivity index (χ1n) is 6.30. The molecule has 0 saturated heterocycles. The van der Waals surface area contributed by atoms with E-state index in [9.17, 15) is 4.79 Å². The van der Waals surface area contributed by atoms with Gasteiger partial charge in [0, 0.05) is 12.6 Å². The molecule has 0 saturated carbocycles. The molecule has 0 aromatic heterocycles. The lowest BCUT2D eigenvalue weighted by Crippen LogP contribution is -2.24. The standard InChI is InChI=1S/C14H22N2O2/c1-4-16-14(17)7-8-18-13-6-5-12(11(3)15)9-10(13)2/h5-6,9,11H,4,7-8,15H2,1-3H3,(H,16,17)/t11-/m1/s1. The summed E-state index contributed by atoms with van der Waals surface area (Å²) in [6.45, 7) is 6.87. The summed E-state index contributed by atoms with van der Waals surface area (Å²) in [7, 11) is 0. The van der Waals surface area contributed by atoms with Crippen molar-refractivity contribution in [2.45, 2.75) is 33.2 Å². The number of nitrogens with two attached hydrogens (primary N) is 1. The second kappa shape index (κ2) is 7.01. The predicted octanol–water partition coefficient (Wildman–Crippen LogP) is 1.92. The lowest BCUT2D eigenvalue weighted by molar-refractivity contribution is -0.121. The number of rotatable bonds is 6. The van der Waals surface area contributed by atoms with Gasteiger partial charge in [0.25, 0.3) is 0 Å². The van der Waals surface area contributed by atoms with Gasteiger partial charge in [0.05, 0.1) is 13.0 Å². The molecule has 3 N–H and O–H groups in total. The van der Waals surface area contributed by atoms with Gasteiger partial charge in [-0.05, 0) is 38.0 Å². The smallest absolute Gasteiger partial charge is 0.223 e. The van der Waals surface area contributed by atoms with E-state index in [2.05, 4.69) is 5.32 Å². The zero-order chi connectivity index (χ0) is 13.5. The number of aryl methyl sites for hydroxylation is 1. The molecule has 4 nitrogen and oxygen atoms in total. The van der Waals surface area contributed by atoms with E-state index in [0.29, 0.717) is 19.6 Å². The Kier molecular flexibility index (Phi) is 5.65. The van der Waals surface area contributed by atoms with Crippen molar-refractivity contribution in [3.05, 3.63) is 29.3 Å². The fourth-order valence-electron chi connectivity index (χ4n) is 1.66. The summed E-state index contributed by atoms with van der Waals surface area (Å²) >= 11 is 0. The molecule has 4 heteroatoms. The summed E-state index contributed by atoms with van der Waals surface area (Å²) in [5.74, 6) is 0.825. The van der Waals surface area contributed by atoms with Gasteiger partial charge in [0.2, 0.25) is 5.91 Å². The maximum absolute atomic E-state index is 11.3. The monoisotopic (exact) mass is 250 g/mol. The fraction of sp³-hybridized carbons (Fsp3) is 0.500. The Morgan fingerprint density at radius 1 is 1.50 bits per heavy atom. The highest BCUT2D eigenvalue weighted by Crippen LogP contribution is 2.21. The van der Waals surface area contributed by atoms with Crippen LogP contribution in [-0.4, -0.2) is 19.1 Å². The third-order valence-corrected chi connectivity index (χ3v) is 2.69. The molecule has 0 aliphatic heterocycles. The summed E-state index contributed by atoms with van der Waals surface area (Å²) < 4.78 is 5.59. The first-order valence-corrected chi connectivity index (χ1v) is 6.30. The minimum absolute atomic E-state index is 0.0161. The van der Waals surface area contributed by atoms with E-state index in [-0.39, 0.29) is 11.9 Å². The van der Waals surface area contributed by atoms with E-state index in [1.165, 1.54) is 0 Å². The van der Waals surface area contributed by atoms with Gasteiger partial charge in [-0.3, -0.25) is 4.79 Å². The average Bonchev–Trinajstić information content (AvgIpc) is 2.31. The second-order valence-corrected chi connectivity index (χ2v) is 4.37. The molecule has 0 aliphatic rings. The highest BCUT2D eigenvalue weighted by Gasteiger charge is 2.05. The van der Waals surface area contributed by atoms with Crippen LogP contribution in [0.5, 0.6) is 5.75 Å². The van der Waals surface area contributed by atoms with Gasteiger partial charge in [-0.15, -0.1) is 0 Å². The molecule has 18 heavy (non-hydrogen) atoms. The quantitative estimate of drug-likeness (QED) is 0.810. The van der Waals surface area contributed by atoms with E-state index < -0.39 is 0 Å². The second-order valence-electron chi connectivity index (χ2n) is 4.37. The van der Waals surface area contributed by atoms with Crippen LogP contribution in [0.2, 0.25) is 0 Å². The third kappa shape index (κ3) is 4.37. The number of nitrogens with one attached hydrogen (secondary N) is 1. The van der Waals surface area contributed by atoms with Gasteiger partial charge < -0.3 is 15.8 Å². The summed E-state index contributed by atoms with van der Waals surface area (Å²) in [4.78, 5) is 11.3. The van der Waals surface area contributed by atoms with Gasteiger partial charge in [-0.2, -0.15) is 0 Å². The molecule has 1 amide bonds. The van der Waals surface area contributed by atoms with Crippen molar-refractivity contribution < 1.29 is 9.53 Å². The molecule has 1 aromatic rings. The normalized spacial score (nSPS) is 12.0. The van der Waals surface area contributed by atoms with Crippen molar-refractivity contribution in [1.82, 2.24) is 5.32 Å². The average molecular weight is 250 g/mol. The van der Waals surface area contributed by atoms with Crippen LogP contribution in [0, 0.1) is 6.92 Å². The van der Waals surface area contributed by atoms with Crippen LogP contribution in [0.3, 0.4) is 0 Å². The van der Waals surface area contributed by atoms with Crippen molar-refractivity contribution in [3.63, 3.8) is 0 Å². The van der Waals surface area contributed by atoms with Crippen LogP contribution in [0.25, 0.3) is 0 Å². The van der Waals surface area contributed by atoms with Crippen LogP contribution < -0.4 is 15.8 Å². The maximum atomic E-state index is 11.3. The van der Waals surface area contributed by atoms with Crippen LogP contribution in [0.15, 0.2) is 18.2 Å². The zero-order valence-corrected chi connectivity index (χ0v) is 11.3. The Labute approximate surface area is 109 Å². The van der Waals surface area contributed by atoms with E-state index in [1.807, 2.05) is 39.0 Å². The van der Waals surface area contributed by atoms with Crippen LogP contribution >= 0.6 is 0 Å². The summed E-state index contributed by atoms with van der Waals surface area (Å²) in [6, 6.07) is 5.91. The van der Waals surface area contributed by atoms with Gasteiger partial charge in [0.1, 0.15) is 5.75 Å². The lowest BCUT2D eigenvalue weighted by atomic mass is 10.1. The number of carbonyl (C=O) groups excluding carboxylic acids is 1.